The molecule has 0 spiro atoms. The summed E-state index contributed by atoms with van der Waals surface area (Å²) in [5.74, 6) is 0. The maximum atomic E-state index is 11.9. The van der Waals surface area contributed by atoms with Gasteiger partial charge in [0, 0.05) is 43.1 Å². The van der Waals surface area contributed by atoms with Crippen molar-refractivity contribution in [2.45, 2.75) is 0 Å². The van der Waals surface area contributed by atoms with E-state index in [0.29, 0.717) is 28.3 Å². The highest BCUT2D eigenvalue weighted by Crippen LogP contribution is 2.49. The smallest absolute Gasteiger partial charge is 0.103 e. The number of aromatic nitrogens is 4. The number of hydrogen-bond acceptors (Lipinski definition) is 3. The molecule has 0 aliphatic rings. The molecule has 0 saturated carbocycles. The van der Waals surface area contributed by atoms with Gasteiger partial charge in [-0.1, -0.05) is 133 Å². The van der Waals surface area contributed by atoms with Gasteiger partial charge >= 0.3 is 0 Å². The first-order valence-corrected chi connectivity index (χ1v) is 21.1. The highest BCUT2D eigenvalue weighted by atomic mass is 15.1. The molecule has 4 heterocycles. The van der Waals surface area contributed by atoms with Crippen molar-refractivity contribution in [1.29, 1.82) is 15.8 Å². The lowest BCUT2D eigenvalue weighted by atomic mass is 9.98. The molecule has 0 bridgehead atoms. The summed E-state index contributed by atoms with van der Waals surface area (Å²) in [6, 6.07) is 71.8. The highest BCUT2D eigenvalue weighted by Gasteiger charge is 2.34. The van der Waals surface area contributed by atoms with Crippen LogP contribution >= 0.6 is 0 Å². The lowest BCUT2D eigenvalue weighted by molar-refractivity contribution is 1.01. The van der Waals surface area contributed by atoms with Gasteiger partial charge in [0.25, 0.3) is 0 Å². The van der Waals surface area contributed by atoms with Crippen LogP contribution in [0.2, 0.25) is 0 Å². The van der Waals surface area contributed by atoms with Crippen LogP contribution in [0, 0.1) is 34.0 Å². The van der Waals surface area contributed by atoms with Crippen LogP contribution in [0.3, 0.4) is 0 Å². The standard InChI is InChI=1S/C57H31N7/c58-32-35-29-30-43-42-21-7-14-28-52(42)64(53(43)31-35)57-55(62-48-24-10-3-17-38(48)39-18-4-11-25-49(39)62)45(34-60)44(33-59)54(61-46-22-8-1-15-36(46)37-16-2-9-23-47(37)61)56(57)63-50-26-12-5-19-40(50)41-20-6-13-27-51(41)63/h1-31H. The van der Waals surface area contributed by atoms with E-state index < -0.39 is 0 Å². The molecule has 0 radical (unpaired) electrons. The largest absolute Gasteiger partial charge is 0.306 e. The van der Waals surface area contributed by atoms with Gasteiger partial charge in [-0.25, -0.2) is 0 Å². The van der Waals surface area contributed by atoms with Crippen LogP contribution in [0.15, 0.2) is 188 Å². The summed E-state index contributed by atoms with van der Waals surface area (Å²) < 4.78 is 8.91. The molecular formula is C57H31N7. The lowest BCUT2D eigenvalue weighted by Gasteiger charge is -2.27. The number of rotatable bonds is 4. The minimum Gasteiger partial charge on any atom is -0.306 e. The van der Waals surface area contributed by atoms with Crippen LogP contribution in [-0.4, -0.2) is 18.3 Å². The second-order valence-electron chi connectivity index (χ2n) is 16.2. The molecule has 9 aromatic carbocycles. The van der Waals surface area contributed by atoms with E-state index in [1.807, 2.05) is 78.9 Å². The molecule has 0 saturated heterocycles. The fourth-order valence-corrected chi connectivity index (χ4v) is 10.5. The van der Waals surface area contributed by atoms with Crippen molar-refractivity contribution in [3.05, 3.63) is 205 Å². The van der Waals surface area contributed by atoms with Crippen LogP contribution in [-0.2, 0) is 0 Å². The molecule has 13 rings (SSSR count). The summed E-state index contributed by atoms with van der Waals surface area (Å²) in [7, 11) is 0. The Bertz CT molecular complexity index is 4140. The Morgan fingerprint density at radius 3 is 0.781 bits per heavy atom. The van der Waals surface area contributed by atoms with Crippen LogP contribution in [0.4, 0.5) is 0 Å². The first kappa shape index (κ1) is 35.4. The molecule has 0 aliphatic heterocycles. The van der Waals surface area contributed by atoms with Crippen molar-refractivity contribution in [2.24, 2.45) is 0 Å². The predicted octanol–water partition coefficient (Wildman–Crippen LogP) is 13.7. The normalized spacial score (nSPS) is 11.7. The second-order valence-corrected chi connectivity index (χ2v) is 16.2. The quantitative estimate of drug-likeness (QED) is 0.177. The first-order chi connectivity index (χ1) is 31.7. The van der Waals surface area contributed by atoms with E-state index in [2.05, 4.69) is 146 Å². The third-order valence-corrected chi connectivity index (χ3v) is 13.1. The molecule has 0 unspecified atom stereocenters. The Hall–Kier alpha value is -9.35. The van der Waals surface area contributed by atoms with Gasteiger partial charge in [0.05, 0.1) is 89.6 Å². The van der Waals surface area contributed by atoms with Crippen molar-refractivity contribution in [1.82, 2.24) is 18.3 Å². The van der Waals surface area contributed by atoms with Crippen molar-refractivity contribution >= 4 is 87.2 Å². The number of nitrogens with zero attached hydrogens (tertiary/aromatic N) is 7. The van der Waals surface area contributed by atoms with E-state index in [9.17, 15) is 15.8 Å². The van der Waals surface area contributed by atoms with Gasteiger partial charge in [-0.3, -0.25) is 0 Å². The molecule has 294 valence electrons. The monoisotopic (exact) mass is 813 g/mol. The fraction of sp³-hybridized carbons (Fsp3) is 0. The minimum absolute atomic E-state index is 0.229. The Labute approximate surface area is 365 Å². The summed E-state index contributed by atoms with van der Waals surface area (Å²) in [5.41, 5.74) is 10.6. The van der Waals surface area contributed by atoms with Crippen LogP contribution < -0.4 is 0 Å². The second kappa shape index (κ2) is 13.3. The van der Waals surface area contributed by atoms with Gasteiger partial charge in [-0.15, -0.1) is 0 Å². The molecule has 4 aromatic heterocycles. The van der Waals surface area contributed by atoms with Crippen molar-refractivity contribution in [2.75, 3.05) is 0 Å². The van der Waals surface area contributed by atoms with Crippen LogP contribution in [0.25, 0.3) is 110 Å². The minimum atomic E-state index is 0.229. The Balaban J connectivity index is 1.42. The molecule has 0 aliphatic carbocycles. The lowest BCUT2D eigenvalue weighted by Crippen LogP contribution is -2.17. The van der Waals surface area contributed by atoms with E-state index in [0.717, 1.165) is 87.2 Å². The van der Waals surface area contributed by atoms with Gasteiger partial charge in [-0.2, -0.15) is 15.8 Å². The van der Waals surface area contributed by atoms with E-state index in [1.165, 1.54) is 0 Å². The number of fused-ring (bicyclic) bond motifs is 12. The molecule has 64 heavy (non-hydrogen) atoms. The third kappa shape index (κ3) is 4.60. The predicted molar refractivity (Wildman–Crippen MR) is 258 cm³/mol. The zero-order valence-corrected chi connectivity index (χ0v) is 34.0. The molecular weight excluding hydrogens is 783 g/mol. The molecule has 7 heteroatoms. The van der Waals surface area contributed by atoms with Crippen molar-refractivity contribution in [3.8, 4) is 41.0 Å². The highest BCUT2D eigenvalue weighted by molar-refractivity contribution is 6.16. The molecule has 0 N–H and O–H groups in total. The summed E-state index contributed by atoms with van der Waals surface area (Å²) in [4.78, 5) is 0. The van der Waals surface area contributed by atoms with E-state index in [-0.39, 0.29) is 11.1 Å². The number of benzene rings is 9. The zero-order chi connectivity index (χ0) is 42.6. The Morgan fingerprint density at radius 2 is 0.500 bits per heavy atom. The zero-order valence-electron chi connectivity index (χ0n) is 34.0. The first-order valence-electron chi connectivity index (χ1n) is 21.1. The molecule has 0 fully saturated rings. The van der Waals surface area contributed by atoms with Crippen LogP contribution in [0.5, 0.6) is 0 Å². The van der Waals surface area contributed by atoms with Crippen molar-refractivity contribution < 1.29 is 0 Å². The number of hydrogen-bond donors (Lipinski definition) is 0. The summed E-state index contributed by atoms with van der Waals surface area (Å²) >= 11 is 0. The van der Waals surface area contributed by atoms with Gasteiger partial charge in [0.15, 0.2) is 0 Å². The maximum Gasteiger partial charge on any atom is 0.103 e. The molecule has 0 atom stereocenters. The summed E-state index contributed by atoms with van der Waals surface area (Å²) in [6.45, 7) is 0. The summed E-state index contributed by atoms with van der Waals surface area (Å²) in [6.07, 6.45) is 0. The summed E-state index contributed by atoms with van der Waals surface area (Å²) in [5, 5.41) is 42.5. The maximum absolute atomic E-state index is 11.9. The van der Waals surface area contributed by atoms with E-state index >= 15 is 0 Å². The van der Waals surface area contributed by atoms with Gasteiger partial charge in [0.2, 0.25) is 0 Å². The number of nitriles is 3. The average Bonchev–Trinajstić information content (AvgIpc) is 4.08. The van der Waals surface area contributed by atoms with Crippen molar-refractivity contribution in [3.63, 3.8) is 0 Å². The van der Waals surface area contributed by atoms with Gasteiger partial charge < -0.3 is 18.3 Å². The fourth-order valence-electron chi connectivity index (χ4n) is 10.5. The molecule has 7 nitrogen and oxygen atoms in total. The molecule has 0 amide bonds. The molecule has 13 aromatic rings. The van der Waals surface area contributed by atoms with Gasteiger partial charge in [-0.05, 0) is 54.6 Å². The average molecular weight is 814 g/mol. The Morgan fingerprint density at radius 1 is 0.250 bits per heavy atom. The topological polar surface area (TPSA) is 91.1 Å². The Kier molecular flexibility index (Phi) is 7.37. The van der Waals surface area contributed by atoms with Gasteiger partial charge in [0.1, 0.15) is 12.1 Å². The third-order valence-electron chi connectivity index (χ3n) is 13.1. The number of para-hydroxylation sites is 7. The van der Waals surface area contributed by atoms with E-state index in [1.54, 1.807) is 0 Å². The van der Waals surface area contributed by atoms with Crippen LogP contribution in [0.1, 0.15) is 16.7 Å². The van der Waals surface area contributed by atoms with E-state index in [4.69, 9.17) is 0 Å². The SMILES string of the molecule is N#Cc1ccc2c3ccccc3n(-c3c(-n4c5ccccc5c5ccccc54)c(C#N)c(C#N)c(-n4c5ccccc5c5ccccc54)c3-n3c4ccccc4c4ccccc43)c2c1.